The minimum absolute atomic E-state index is 0. The molecule has 0 radical (unpaired) electrons. The van der Waals surface area contributed by atoms with E-state index >= 15 is 0 Å². The topological polar surface area (TPSA) is 50.4 Å². The molecule has 104 valence electrons. The molecule has 0 bridgehead atoms. The highest BCUT2D eigenvalue weighted by molar-refractivity contribution is 5.85. The van der Waals surface area contributed by atoms with Crippen molar-refractivity contribution in [3.63, 3.8) is 0 Å². The molecule has 2 aliphatic heterocycles. The predicted octanol–water partition coefficient (Wildman–Crippen LogP) is 1.80. The first kappa shape index (κ1) is 14.2. The lowest BCUT2D eigenvalue weighted by Crippen LogP contribution is -2.34. The number of nitrogens with one attached hydrogen (secondary N) is 2. The van der Waals surface area contributed by atoms with Gasteiger partial charge < -0.3 is 15.4 Å². The van der Waals surface area contributed by atoms with Crippen LogP contribution in [0.2, 0.25) is 0 Å². The Morgan fingerprint density at radius 2 is 2.26 bits per heavy atom. The maximum absolute atomic E-state index is 12.0. The van der Waals surface area contributed by atoms with E-state index < -0.39 is 0 Å². The van der Waals surface area contributed by atoms with E-state index in [0.717, 1.165) is 24.3 Å². The van der Waals surface area contributed by atoms with Crippen LogP contribution in [0, 0.1) is 0 Å². The van der Waals surface area contributed by atoms with Gasteiger partial charge in [0.1, 0.15) is 12.4 Å². The molecular formula is C14H19ClN2O2. The highest BCUT2D eigenvalue weighted by atomic mass is 35.5. The Morgan fingerprint density at radius 1 is 1.42 bits per heavy atom. The Labute approximate surface area is 119 Å². The lowest BCUT2D eigenvalue weighted by atomic mass is 10.1. The van der Waals surface area contributed by atoms with Crippen LogP contribution in [-0.2, 0) is 4.79 Å². The number of para-hydroxylation sites is 1. The molecule has 1 aromatic carbocycles. The highest BCUT2D eigenvalue weighted by Crippen LogP contribution is 2.31. The highest BCUT2D eigenvalue weighted by Gasteiger charge is 2.26. The van der Waals surface area contributed by atoms with Crippen LogP contribution in [0.5, 0.6) is 5.75 Å². The van der Waals surface area contributed by atoms with E-state index in [-0.39, 0.29) is 24.4 Å². The number of hydrogen-bond acceptors (Lipinski definition) is 3. The zero-order valence-corrected chi connectivity index (χ0v) is 11.5. The summed E-state index contributed by atoms with van der Waals surface area (Å²) in [5, 5.41) is 6.40. The van der Waals surface area contributed by atoms with Crippen molar-refractivity contribution >= 4 is 18.3 Å². The largest absolute Gasteiger partial charge is 0.491 e. The summed E-state index contributed by atoms with van der Waals surface area (Å²) < 4.78 is 5.55. The standard InChI is InChI=1S/C14H18N2O2.ClH/c17-14(8-10-4-3-7-15-10)16-12-9-18-13-6-2-1-5-11(12)13;/h1-2,5-6,10,12,15H,3-4,7-9H2,(H,16,17);1H. The second kappa shape index (κ2) is 6.26. The molecule has 0 spiro atoms. The van der Waals surface area contributed by atoms with Crippen LogP contribution >= 0.6 is 12.4 Å². The Bertz CT molecular complexity index is 447. The Morgan fingerprint density at radius 3 is 3.05 bits per heavy atom. The normalized spacial score (nSPS) is 24.2. The molecule has 2 atom stereocenters. The second-order valence-electron chi connectivity index (χ2n) is 4.97. The van der Waals surface area contributed by atoms with E-state index in [1.54, 1.807) is 0 Å². The molecule has 1 fully saturated rings. The molecule has 2 unspecified atom stereocenters. The zero-order chi connectivity index (χ0) is 12.4. The fourth-order valence-corrected chi connectivity index (χ4v) is 2.69. The van der Waals surface area contributed by atoms with Gasteiger partial charge in [0.05, 0.1) is 6.04 Å². The molecule has 0 aromatic heterocycles. The quantitative estimate of drug-likeness (QED) is 0.889. The van der Waals surface area contributed by atoms with Gasteiger partial charge in [0, 0.05) is 18.0 Å². The van der Waals surface area contributed by atoms with Gasteiger partial charge >= 0.3 is 0 Å². The third-order valence-electron chi connectivity index (χ3n) is 3.63. The summed E-state index contributed by atoms with van der Waals surface area (Å²) in [6, 6.07) is 8.25. The number of fused-ring (bicyclic) bond motifs is 1. The molecule has 2 aliphatic rings. The van der Waals surface area contributed by atoms with Crippen molar-refractivity contribution in [2.24, 2.45) is 0 Å². The number of rotatable bonds is 3. The number of halogens is 1. The fourth-order valence-electron chi connectivity index (χ4n) is 2.69. The van der Waals surface area contributed by atoms with E-state index in [0.29, 0.717) is 19.1 Å². The van der Waals surface area contributed by atoms with Crippen molar-refractivity contribution in [3.05, 3.63) is 29.8 Å². The predicted molar refractivity (Wildman–Crippen MR) is 75.7 cm³/mol. The first-order valence-corrected chi connectivity index (χ1v) is 6.57. The molecular weight excluding hydrogens is 264 g/mol. The molecule has 0 aliphatic carbocycles. The van der Waals surface area contributed by atoms with Crippen LogP contribution < -0.4 is 15.4 Å². The van der Waals surface area contributed by atoms with Crippen molar-refractivity contribution in [1.29, 1.82) is 0 Å². The van der Waals surface area contributed by atoms with E-state index in [1.807, 2.05) is 24.3 Å². The second-order valence-corrected chi connectivity index (χ2v) is 4.97. The molecule has 1 aromatic rings. The third kappa shape index (κ3) is 3.19. The SMILES string of the molecule is Cl.O=C(CC1CCCN1)NC1COc2ccccc21. The molecule has 4 nitrogen and oxygen atoms in total. The lowest BCUT2D eigenvalue weighted by Gasteiger charge is -2.14. The van der Waals surface area contributed by atoms with E-state index in [1.165, 1.54) is 6.42 Å². The molecule has 1 amide bonds. The number of carbonyl (C=O) groups excluding carboxylic acids is 1. The van der Waals surface area contributed by atoms with Crippen LogP contribution in [0.25, 0.3) is 0 Å². The monoisotopic (exact) mass is 282 g/mol. The summed E-state index contributed by atoms with van der Waals surface area (Å²) in [6.07, 6.45) is 2.84. The van der Waals surface area contributed by atoms with Crippen molar-refractivity contribution in [3.8, 4) is 5.75 Å². The van der Waals surface area contributed by atoms with Crippen molar-refractivity contribution < 1.29 is 9.53 Å². The van der Waals surface area contributed by atoms with Crippen molar-refractivity contribution in [2.75, 3.05) is 13.2 Å². The molecule has 2 heterocycles. The molecule has 19 heavy (non-hydrogen) atoms. The van der Waals surface area contributed by atoms with Gasteiger partial charge in [-0.05, 0) is 25.5 Å². The summed E-state index contributed by atoms with van der Waals surface area (Å²) in [4.78, 5) is 12.0. The van der Waals surface area contributed by atoms with Crippen molar-refractivity contribution in [2.45, 2.75) is 31.3 Å². The van der Waals surface area contributed by atoms with Gasteiger partial charge in [0.2, 0.25) is 5.91 Å². The average molecular weight is 283 g/mol. The summed E-state index contributed by atoms with van der Waals surface area (Å²) in [5.74, 6) is 1.00. The van der Waals surface area contributed by atoms with Crippen LogP contribution in [0.15, 0.2) is 24.3 Å². The number of carbonyl (C=O) groups is 1. The maximum Gasteiger partial charge on any atom is 0.222 e. The number of amides is 1. The summed E-state index contributed by atoms with van der Waals surface area (Å²) in [7, 11) is 0. The van der Waals surface area contributed by atoms with Crippen LogP contribution in [0.3, 0.4) is 0 Å². The van der Waals surface area contributed by atoms with Crippen LogP contribution in [-0.4, -0.2) is 25.1 Å². The van der Waals surface area contributed by atoms with Gasteiger partial charge in [-0.25, -0.2) is 0 Å². The molecule has 3 rings (SSSR count). The number of hydrogen-bond donors (Lipinski definition) is 2. The summed E-state index contributed by atoms with van der Waals surface area (Å²) in [6.45, 7) is 1.58. The minimum atomic E-state index is 0. The minimum Gasteiger partial charge on any atom is -0.491 e. The molecule has 2 N–H and O–H groups in total. The van der Waals surface area contributed by atoms with E-state index in [4.69, 9.17) is 4.74 Å². The van der Waals surface area contributed by atoms with Gasteiger partial charge in [0.15, 0.2) is 0 Å². The van der Waals surface area contributed by atoms with Gasteiger partial charge in [-0.2, -0.15) is 0 Å². The molecule has 5 heteroatoms. The van der Waals surface area contributed by atoms with Crippen LogP contribution in [0.1, 0.15) is 30.9 Å². The summed E-state index contributed by atoms with van der Waals surface area (Å²) in [5.41, 5.74) is 1.09. The van der Waals surface area contributed by atoms with Gasteiger partial charge in [-0.3, -0.25) is 4.79 Å². The summed E-state index contributed by atoms with van der Waals surface area (Å²) >= 11 is 0. The Hall–Kier alpha value is -1.26. The first-order chi connectivity index (χ1) is 8.83. The number of ether oxygens (including phenoxy) is 1. The number of benzene rings is 1. The molecule has 1 saturated heterocycles. The average Bonchev–Trinajstić information content (AvgIpc) is 3.00. The fraction of sp³-hybridized carbons (Fsp3) is 0.500. The van der Waals surface area contributed by atoms with Crippen molar-refractivity contribution in [1.82, 2.24) is 10.6 Å². The first-order valence-electron chi connectivity index (χ1n) is 6.57. The van der Waals surface area contributed by atoms with E-state index in [2.05, 4.69) is 10.6 Å². The van der Waals surface area contributed by atoms with Crippen LogP contribution in [0.4, 0.5) is 0 Å². The van der Waals surface area contributed by atoms with Gasteiger partial charge in [-0.1, -0.05) is 18.2 Å². The Balaban J connectivity index is 0.00000133. The third-order valence-corrected chi connectivity index (χ3v) is 3.63. The lowest BCUT2D eigenvalue weighted by molar-refractivity contribution is -0.122. The van der Waals surface area contributed by atoms with E-state index in [9.17, 15) is 4.79 Å². The maximum atomic E-state index is 12.0. The smallest absolute Gasteiger partial charge is 0.222 e. The Kier molecular flexibility index (Phi) is 4.66. The van der Waals surface area contributed by atoms with Gasteiger partial charge in [0.25, 0.3) is 0 Å². The van der Waals surface area contributed by atoms with Gasteiger partial charge in [-0.15, -0.1) is 12.4 Å². The molecule has 0 saturated carbocycles. The zero-order valence-electron chi connectivity index (χ0n) is 10.7.